The molecule has 1 N–H and O–H groups in total. The summed E-state index contributed by atoms with van der Waals surface area (Å²) in [5, 5.41) is 16.1. The molecule has 0 aliphatic heterocycles. The molecule has 0 bridgehead atoms. The van der Waals surface area contributed by atoms with Gasteiger partial charge in [-0.2, -0.15) is 0 Å². The summed E-state index contributed by atoms with van der Waals surface area (Å²) in [5.74, 6) is 0.881. The lowest BCUT2D eigenvalue weighted by Gasteiger charge is -2.06. The monoisotopic (exact) mass is 196 g/mol. The second-order valence-corrected chi connectivity index (χ2v) is 2.10. The van der Waals surface area contributed by atoms with Crippen LogP contribution >= 0.6 is 0 Å². The SMILES string of the molecule is COc1cccc(OC)c1O.[N-]=C=O. The lowest BCUT2D eigenvalue weighted by Crippen LogP contribution is -1.87. The van der Waals surface area contributed by atoms with Crippen molar-refractivity contribution in [3.63, 3.8) is 0 Å². The van der Waals surface area contributed by atoms with E-state index in [4.69, 9.17) is 19.7 Å². The van der Waals surface area contributed by atoms with Gasteiger partial charge in [-0.05, 0) is 18.2 Å². The fourth-order valence-electron chi connectivity index (χ4n) is 0.832. The Morgan fingerprint density at radius 1 is 1.29 bits per heavy atom. The first kappa shape index (κ1) is 12.0. The summed E-state index contributed by atoms with van der Waals surface area (Å²) < 4.78 is 9.71. The lowest BCUT2D eigenvalue weighted by molar-refractivity contribution is 0.340. The molecule has 5 heteroatoms. The molecule has 0 spiro atoms. The minimum Gasteiger partial charge on any atom is -0.724 e. The Morgan fingerprint density at radius 3 is 1.93 bits per heavy atom. The molecule has 1 aromatic carbocycles. The maximum atomic E-state index is 9.34. The van der Waals surface area contributed by atoms with Gasteiger partial charge in [-0.25, -0.2) is 0 Å². The van der Waals surface area contributed by atoms with E-state index < -0.39 is 0 Å². The van der Waals surface area contributed by atoms with Gasteiger partial charge in [-0.3, -0.25) is 4.79 Å². The summed E-state index contributed by atoms with van der Waals surface area (Å²) in [6.07, 6.45) is 0.500. The van der Waals surface area contributed by atoms with E-state index in [1.165, 1.54) is 14.2 Å². The van der Waals surface area contributed by atoms with Gasteiger partial charge in [0, 0.05) is 0 Å². The number of isocyanates is 1. The highest BCUT2D eigenvalue weighted by Crippen LogP contribution is 2.34. The number of para-hydroxylation sites is 1. The Hall–Kier alpha value is -2.00. The smallest absolute Gasteiger partial charge is 0.200 e. The van der Waals surface area contributed by atoms with Crippen LogP contribution in [0.1, 0.15) is 0 Å². The molecule has 0 aliphatic carbocycles. The zero-order valence-electron chi connectivity index (χ0n) is 7.85. The quantitative estimate of drug-likeness (QED) is 0.571. The van der Waals surface area contributed by atoms with E-state index >= 15 is 0 Å². The minimum absolute atomic E-state index is 0.0394. The van der Waals surface area contributed by atoms with Crippen LogP contribution in [0.15, 0.2) is 18.2 Å². The Morgan fingerprint density at radius 2 is 1.64 bits per heavy atom. The first-order valence-corrected chi connectivity index (χ1v) is 3.62. The number of hydrogen-bond acceptors (Lipinski definition) is 4. The summed E-state index contributed by atoms with van der Waals surface area (Å²) >= 11 is 0. The zero-order valence-corrected chi connectivity index (χ0v) is 7.85. The maximum absolute atomic E-state index is 9.34. The van der Waals surface area contributed by atoms with Gasteiger partial charge < -0.3 is 20.0 Å². The van der Waals surface area contributed by atoms with E-state index in [2.05, 4.69) is 0 Å². The second kappa shape index (κ2) is 6.51. The predicted molar refractivity (Wildman–Crippen MR) is 50.3 cm³/mol. The summed E-state index contributed by atoms with van der Waals surface area (Å²) in [7, 11) is 2.99. The molecule has 14 heavy (non-hydrogen) atoms. The number of phenolic OH excluding ortho intramolecular Hbond substituents is 1. The number of phenols is 1. The highest BCUT2D eigenvalue weighted by atomic mass is 16.5. The molecule has 76 valence electrons. The van der Waals surface area contributed by atoms with Crippen molar-refractivity contribution in [2.45, 2.75) is 0 Å². The highest BCUT2D eigenvalue weighted by molar-refractivity contribution is 5.49. The van der Waals surface area contributed by atoms with Crippen LogP contribution in [-0.2, 0) is 4.79 Å². The fraction of sp³-hybridized carbons (Fsp3) is 0.222. The standard InChI is InChI=1S/C8H10O3.CNO/c1-10-6-4-3-5-7(11-2)8(6)9;2-1-3/h3-5,9H,1-2H3;/q;-1. The summed E-state index contributed by atoms with van der Waals surface area (Å²) in [6.45, 7) is 0. The number of ether oxygens (including phenoxy) is 2. The normalized spacial score (nSPS) is 7.86. The Balaban J connectivity index is 0.000000500. The van der Waals surface area contributed by atoms with E-state index in [0.29, 0.717) is 17.6 Å². The Labute approximate surface area is 81.4 Å². The second-order valence-electron chi connectivity index (χ2n) is 2.10. The zero-order chi connectivity index (χ0) is 11.0. The van der Waals surface area contributed by atoms with Crippen LogP contribution < -0.4 is 9.47 Å². The molecule has 0 amide bonds. The van der Waals surface area contributed by atoms with Gasteiger partial charge in [0.05, 0.1) is 14.2 Å². The van der Waals surface area contributed by atoms with Gasteiger partial charge >= 0.3 is 0 Å². The number of hydrogen-bond donors (Lipinski definition) is 1. The number of benzene rings is 1. The predicted octanol–water partition coefficient (Wildman–Crippen LogP) is 1.30. The van der Waals surface area contributed by atoms with Gasteiger partial charge in [-0.15, -0.1) is 0 Å². The lowest BCUT2D eigenvalue weighted by atomic mass is 10.3. The molecule has 5 nitrogen and oxygen atoms in total. The third kappa shape index (κ3) is 3.16. The van der Waals surface area contributed by atoms with Crippen LogP contribution in [-0.4, -0.2) is 25.4 Å². The topological polar surface area (TPSA) is 78.1 Å². The van der Waals surface area contributed by atoms with Crippen molar-refractivity contribution in [1.29, 1.82) is 0 Å². The van der Waals surface area contributed by atoms with Crippen LogP contribution in [0.2, 0.25) is 0 Å². The van der Waals surface area contributed by atoms with E-state index in [0.717, 1.165) is 0 Å². The molecule has 1 aromatic rings. The molecule has 0 atom stereocenters. The third-order valence-electron chi connectivity index (χ3n) is 1.40. The van der Waals surface area contributed by atoms with Crippen LogP contribution in [0.5, 0.6) is 17.2 Å². The van der Waals surface area contributed by atoms with Crippen molar-refractivity contribution in [1.82, 2.24) is 0 Å². The van der Waals surface area contributed by atoms with E-state index in [1.54, 1.807) is 18.2 Å². The molecule has 0 saturated carbocycles. The molecule has 0 fully saturated rings. The van der Waals surface area contributed by atoms with Gasteiger partial charge in [0.25, 0.3) is 0 Å². The summed E-state index contributed by atoms with van der Waals surface area (Å²) in [4.78, 5) is 8.24. The first-order valence-electron chi connectivity index (χ1n) is 3.62. The number of rotatable bonds is 2. The van der Waals surface area contributed by atoms with Crippen LogP contribution in [0.3, 0.4) is 0 Å². The first-order chi connectivity index (χ1) is 6.71. The van der Waals surface area contributed by atoms with Crippen LogP contribution in [0, 0.1) is 0 Å². The average molecular weight is 196 g/mol. The number of carbonyl (C=O) groups excluding carboxylic acids is 1. The van der Waals surface area contributed by atoms with Crippen LogP contribution in [0.4, 0.5) is 0 Å². The largest absolute Gasteiger partial charge is 0.724 e. The van der Waals surface area contributed by atoms with Gasteiger partial charge in [-0.1, -0.05) is 6.07 Å². The van der Waals surface area contributed by atoms with E-state index in [1.807, 2.05) is 0 Å². The summed E-state index contributed by atoms with van der Waals surface area (Å²) in [5.41, 5.74) is 0. The molecule has 0 heterocycles. The van der Waals surface area contributed by atoms with Crippen molar-refractivity contribution in [2.75, 3.05) is 14.2 Å². The van der Waals surface area contributed by atoms with Crippen molar-refractivity contribution < 1.29 is 19.4 Å². The molecule has 0 aromatic heterocycles. The third-order valence-corrected chi connectivity index (χ3v) is 1.40. The van der Waals surface area contributed by atoms with Gasteiger partial charge in [0.1, 0.15) is 0 Å². The number of nitrogens with zero attached hydrogens (tertiary/aromatic N) is 1. The van der Waals surface area contributed by atoms with Crippen molar-refractivity contribution in [3.05, 3.63) is 23.6 Å². The molecule has 1 rings (SSSR count). The van der Waals surface area contributed by atoms with Gasteiger partial charge in [0.2, 0.25) is 5.75 Å². The van der Waals surface area contributed by atoms with Crippen LogP contribution in [0.25, 0.3) is 5.41 Å². The van der Waals surface area contributed by atoms with Crippen molar-refractivity contribution in [3.8, 4) is 17.2 Å². The Kier molecular flexibility index (Phi) is 5.58. The summed E-state index contributed by atoms with van der Waals surface area (Å²) in [6, 6.07) is 5.08. The number of aromatic hydroxyl groups is 1. The minimum atomic E-state index is 0.0394. The molecule has 0 saturated heterocycles. The molecular formula is C9H10NO4-. The molecular weight excluding hydrogens is 186 g/mol. The molecule has 0 radical (unpaired) electrons. The highest BCUT2D eigenvalue weighted by Gasteiger charge is 2.05. The number of methoxy groups -OCH3 is 2. The van der Waals surface area contributed by atoms with E-state index in [-0.39, 0.29) is 5.75 Å². The molecule has 0 unspecified atom stereocenters. The maximum Gasteiger partial charge on any atom is 0.200 e. The Bertz CT molecular complexity index is 296. The van der Waals surface area contributed by atoms with Gasteiger partial charge in [0.15, 0.2) is 11.5 Å². The van der Waals surface area contributed by atoms with E-state index in [9.17, 15) is 5.11 Å². The van der Waals surface area contributed by atoms with Crippen molar-refractivity contribution in [2.24, 2.45) is 0 Å². The fourth-order valence-corrected chi connectivity index (χ4v) is 0.832. The average Bonchev–Trinajstić information content (AvgIpc) is 2.19. The molecule has 0 aliphatic rings. The van der Waals surface area contributed by atoms with Crippen molar-refractivity contribution >= 4 is 6.08 Å².